The third-order valence-electron chi connectivity index (χ3n) is 3.42. The van der Waals surface area contributed by atoms with E-state index >= 15 is 0 Å². The van der Waals surface area contributed by atoms with Gasteiger partial charge in [0.15, 0.2) is 0 Å². The third kappa shape index (κ3) is 2.82. The van der Waals surface area contributed by atoms with E-state index < -0.39 is 0 Å². The molecule has 82 valence electrons. The van der Waals surface area contributed by atoms with E-state index in [-0.39, 0.29) is 0 Å². The summed E-state index contributed by atoms with van der Waals surface area (Å²) in [5, 5.41) is 3.71. The molecule has 0 radical (unpaired) electrons. The van der Waals surface area contributed by atoms with Gasteiger partial charge in [0, 0.05) is 18.6 Å². The Labute approximate surface area is 88.4 Å². The van der Waals surface area contributed by atoms with Gasteiger partial charge in [-0.1, -0.05) is 19.9 Å². The maximum atomic E-state index is 3.82. The fourth-order valence-electron chi connectivity index (χ4n) is 2.28. The van der Waals surface area contributed by atoms with Gasteiger partial charge in [-0.2, -0.15) is 0 Å². The molecule has 0 bridgehead atoms. The molecular formula is C12H24N2. The minimum absolute atomic E-state index is 0.347. The SMILES string of the molecule is C=CCN1CCCNC(CC)(CC)C1. The Morgan fingerprint density at radius 1 is 1.43 bits per heavy atom. The van der Waals surface area contributed by atoms with E-state index in [4.69, 9.17) is 0 Å². The highest BCUT2D eigenvalue weighted by Gasteiger charge is 2.29. The zero-order chi connectivity index (χ0) is 10.4. The molecule has 1 saturated heterocycles. The molecule has 0 spiro atoms. The van der Waals surface area contributed by atoms with Crippen molar-refractivity contribution in [3.8, 4) is 0 Å². The van der Waals surface area contributed by atoms with Gasteiger partial charge in [0.05, 0.1) is 0 Å². The van der Waals surface area contributed by atoms with E-state index in [2.05, 4.69) is 30.6 Å². The normalized spacial score (nSPS) is 23.0. The van der Waals surface area contributed by atoms with Crippen LogP contribution in [0.3, 0.4) is 0 Å². The maximum absolute atomic E-state index is 3.82. The quantitative estimate of drug-likeness (QED) is 0.692. The van der Waals surface area contributed by atoms with Crippen LogP contribution in [-0.4, -0.2) is 36.6 Å². The van der Waals surface area contributed by atoms with Gasteiger partial charge in [-0.25, -0.2) is 0 Å². The molecule has 1 aliphatic heterocycles. The van der Waals surface area contributed by atoms with Crippen molar-refractivity contribution in [3.05, 3.63) is 12.7 Å². The predicted octanol–water partition coefficient (Wildman–Crippen LogP) is 2.03. The summed E-state index contributed by atoms with van der Waals surface area (Å²) in [5.41, 5.74) is 0.347. The van der Waals surface area contributed by atoms with Gasteiger partial charge >= 0.3 is 0 Å². The van der Waals surface area contributed by atoms with Gasteiger partial charge in [0.25, 0.3) is 0 Å². The highest BCUT2D eigenvalue weighted by Crippen LogP contribution is 2.19. The van der Waals surface area contributed by atoms with E-state index in [0.717, 1.165) is 13.1 Å². The van der Waals surface area contributed by atoms with Crippen LogP contribution in [0.1, 0.15) is 33.1 Å². The number of hydrogen-bond donors (Lipinski definition) is 1. The molecule has 1 N–H and O–H groups in total. The van der Waals surface area contributed by atoms with Crippen LogP contribution in [0.5, 0.6) is 0 Å². The first-order chi connectivity index (χ1) is 6.76. The van der Waals surface area contributed by atoms with Crippen molar-refractivity contribution in [2.75, 3.05) is 26.2 Å². The topological polar surface area (TPSA) is 15.3 Å². The molecule has 0 aromatic carbocycles. The molecule has 1 aliphatic rings. The van der Waals surface area contributed by atoms with E-state index in [1.165, 1.54) is 32.4 Å². The van der Waals surface area contributed by atoms with Crippen LogP contribution < -0.4 is 5.32 Å². The minimum Gasteiger partial charge on any atom is -0.310 e. The molecule has 0 aromatic heterocycles. The van der Waals surface area contributed by atoms with Crippen LogP contribution in [-0.2, 0) is 0 Å². The van der Waals surface area contributed by atoms with Crippen LogP contribution in [0.25, 0.3) is 0 Å². The van der Waals surface area contributed by atoms with Crippen molar-refractivity contribution in [2.24, 2.45) is 0 Å². The smallest absolute Gasteiger partial charge is 0.0303 e. The summed E-state index contributed by atoms with van der Waals surface area (Å²) < 4.78 is 0. The summed E-state index contributed by atoms with van der Waals surface area (Å²) >= 11 is 0. The maximum Gasteiger partial charge on any atom is 0.0303 e. The molecule has 0 aliphatic carbocycles. The Morgan fingerprint density at radius 2 is 2.14 bits per heavy atom. The first-order valence-corrected chi connectivity index (χ1v) is 5.84. The average molecular weight is 196 g/mol. The largest absolute Gasteiger partial charge is 0.310 e. The molecule has 0 amide bonds. The molecule has 2 heteroatoms. The van der Waals surface area contributed by atoms with Crippen molar-refractivity contribution >= 4 is 0 Å². The van der Waals surface area contributed by atoms with Gasteiger partial charge in [-0.05, 0) is 32.4 Å². The molecule has 0 atom stereocenters. The lowest BCUT2D eigenvalue weighted by molar-refractivity contribution is 0.211. The van der Waals surface area contributed by atoms with E-state index in [0.29, 0.717) is 5.54 Å². The Hall–Kier alpha value is -0.340. The summed E-state index contributed by atoms with van der Waals surface area (Å²) in [6.45, 7) is 13.0. The second-order valence-corrected chi connectivity index (χ2v) is 4.29. The number of nitrogens with one attached hydrogen (secondary N) is 1. The average Bonchev–Trinajstić information content (AvgIpc) is 2.42. The van der Waals surface area contributed by atoms with Gasteiger partial charge in [-0.15, -0.1) is 6.58 Å². The van der Waals surface area contributed by atoms with Gasteiger partial charge in [0.1, 0.15) is 0 Å². The molecular weight excluding hydrogens is 172 g/mol. The van der Waals surface area contributed by atoms with Crippen molar-refractivity contribution < 1.29 is 0 Å². The monoisotopic (exact) mass is 196 g/mol. The Balaban J connectivity index is 2.61. The summed E-state index contributed by atoms with van der Waals surface area (Å²) in [7, 11) is 0. The van der Waals surface area contributed by atoms with Crippen LogP contribution in [0.2, 0.25) is 0 Å². The van der Waals surface area contributed by atoms with Gasteiger partial charge in [-0.3, -0.25) is 4.90 Å². The van der Waals surface area contributed by atoms with Crippen LogP contribution in [0, 0.1) is 0 Å². The lowest BCUT2D eigenvalue weighted by Gasteiger charge is -2.35. The molecule has 0 aromatic rings. The van der Waals surface area contributed by atoms with Gasteiger partial charge in [0.2, 0.25) is 0 Å². The molecule has 1 fully saturated rings. The van der Waals surface area contributed by atoms with E-state index in [1.807, 2.05) is 6.08 Å². The predicted molar refractivity (Wildman–Crippen MR) is 62.6 cm³/mol. The number of rotatable bonds is 4. The second kappa shape index (κ2) is 5.52. The molecule has 14 heavy (non-hydrogen) atoms. The highest BCUT2D eigenvalue weighted by atomic mass is 15.2. The first kappa shape index (κ1) is 11.7. The zero-order valence-corrected chi connectivity index (χ0v) is 9.68. The summed E-state index contributed by atoms with van der Waals surface area (Å²) in [6, 6.07) is 0. The van der Waals surface area contributed by atoms with Crippen molar-refractivity contribution in [1.29, 1.82) is 0 Å². The first-order valence-electron chi connectivity index (χ1n) is 5.84. The van der Waals surface area contributed by atoms with Gasteiger partial charge < -0.3 is 5.32 Å². The fraction of sp³-hybridized carbons (Fsp3) is 0.833. The zero-order valence-electron chi connectivity index (χ0n) is 9.68. The third-order valence-corrected chi connectivity index (χ3v) is 3.42. The molecule has 1 rings (SSSR count). The molecule has 2 nitrogen and oxygen atoms in total. The van der Waals surface area contributed by atoms with Crippen LogP contribution >= 0.6 is 0 Å². The lowest BCUT2D eigenvalue weighted by atomic mass is 9.92. The molecule has 0 unspecified atom stereocenters. The highest BCUT2D eigenvalue weighted by molar-refractivity contribution is 4.92. The standard InChI is InChI=1S/C12H24N2/c1-4-9-14-10-7-8-13-12(5-2,6-3)11-14/h4,13H,1,5-11H2,2-3H3. The van der Waals surface area contributed by atoms with Crippen molar-refractivity contribution in [1.82, 2.24) is 10.2 Å². The Morgan fingerprint density at radius 3 is 2.71 bits per heavy atom. The summed E-state index contributed by atoms with van der Waals surface area (Å²) in [6.07, 6.45) is 5.71. The lowest BCUT2D eigenvalue weighted by Crippen LogP contribution is -2.50. The van der Waals surface area contributed by atoms with E-state index in [9.17, 15) is 0 Å². The summed E-state index contributed by atoms with van der Waals surface area (Å²) in [5.74, 6) is 0. The van der Waals surface area contributed by atoms with E-state index in [1.54, 1.807) is 0 Å². The van der Waals surface area contributed by atoms with Crippen molar-refractivity contribution in [3.63, 3.8) is 0 Å². The number of hydrogen-bond acceptors (Lipinski definition) is 2. The Kier molecular flexibility index (Phi) is 4.63. The summed E-state index contributed by atoms with van der Waals surface area (Å²) in [4.78, 5) is 2.51. The molecule has 1 heterocycles. The fourth-order valence-corrected chi connectivity index (χ4v) is 2.28. The minimum atomic E-state index is 0.347. The molecule has 0 saturated carbocycles. The van der Waals surface area contributed by atoms with Crippen LogP contribution in [0.15, 0.2) is 12.7 Å². The number of nitrogens with zero attached hydrogens (tertiary/aromatic N) is 1. The van der Waals surface area contributed by atoms with Crippen molar-refractivity contribution in [2.45, 2.75) is 38.6 Å². The van der Waals surface area contributed by atoms with Crippen LogP contribution in [0.4, 0.5) is 0 Å². The Bertz CT molecular complexity index is 173. The second-order valence-electron chi connectivity index (χ2n) is 4.29.